The summed E-state index contributed by atoms with van der Waals surface area (Å²) < 4.78 is 2.28. The van der Waals surface area contributed by atoms with Crippen LogP contribution >= 0.6 is 0 Å². The quantitative estimate of drug-likeness (QED) is 0.165. The van der Waals surface area contributed by atoms with E-state index in [-0.39, 0.29) is 5.16 Å². The Labute approximate surface area is 236 Å². The molecule has 5 aromatic rings. The van der Waals surface area contributed by atoms with E-state index in [1.54, 1.807) is 0 Å². The van der Waals surface area contributed by atoms with E-state index in [1.807, 2.05) is 12.5 Å². The lowest BCUT2D eigenvalue weighted by atomic mass is 9.37. The molecule has 194 valence electrons. The molecule has 1 fully saturated rings. The normalized spacial score (nSPS) is 13.1. The van der Waals surface area contributed by atoms with Gasteiger partial charge in [0, 0.05) is 12.4 Å². The third kappa shape index (κ3) is 6.40. The number of allylic oxidation sites excluding steroid dienone is 1. The average Bonchev–Trinajstić information content (AvgIpc) is 3.67. The molecule has 1 aromatic heterocycles. The highest BCUT2D eigenvalue weighted by molar-refractivity contribution is 6.86. The van der Waals surface area contributed by atoms with E-state index in [0.29, 0.717) is 6.71 Å². The molecule has 0 unspecified atom stereocenters. The van der Waals surface area contributed by atoms with Gasteiger partial charge in [-0.2, -0.15) is 0 Å². The van der Waals surface area contributed by atoms with E-state index in [1.165, 1.54) is 40.5 Å². The van der Waals surface area contributed by atoms with Gasteiger partial charge in [0.1, 0.15) is 0 Å². The van der Waals surface area contributed by atoms with E-state index in [2.05, 4.69) is 151 Å². The molecular weight excluding hydrogens is 487 g/mol. The first kappa shape index (κ1) is 26.7. The number of benzene rings is 4. The lowest BCUT2D eigenvalue weighted by Gasteiger charge is -2.37. The van der Waals surface area contributed by atoms with Crippen molar-refractivity contribution in [2.24, 2.45) is 0 Å². The highest BCUT2D eigenvalue weighted by Gasteiger charge is 2.37. The van der Waals surface area contributed by atoms with Crippen molar-refractivity contribution in [1.29, 1.82) is 0 Å². The Hall–Kier alpha value is -3.89. The first-order valence-electron chi connectivity index (χ1n) is 14.0. The Morgan fingerprint density at radius 1 is 0.795 bits per heavy atom. The number of aromatic nitrogens is 2. The van der Waals surface area contributed by atoms with Gasteiger partial charge in [-0.05, 0) is 24.1 Å². The molecule has 0 atom stereocenters. The van der Waals surface area contributed by atoms with Crippen molar-refractivity contribution in [3.63, 3.8) is 0 Å². The van der Waals surface area contributed by atoms with Gasteiger partial charge >= 0.3 is 0 Å². The lowest BCUT2D eigenvalue weighted by Crippen LogP contribution is -2.42. The van der Waals surface area contributed by atoms with Crippen molar-refractivity contribution in [1.82, 2.24) is 9.55 Å². The first-order valence-corrected chi connectivity index (χ1v) is 15.7. The van der Waals surface area contributed by atoms with Crippen molar-refractivity contribution < 1.29 is 0 Å². The van der Waals surface area contributed by atoms with Crippen molar-refractivity contribution in [3.05, 3.63) is 163 Å². The fraction of sp³-hybridized carbons (Fsp3) is 0.171. The topological polar surface area (TPSA) is 17.8 Å². The molecule has 0 bridgehead atoms. The Balaban J connectivity index is 0.000000168. The fourth-order valence-corrected chi connectivity index (χ4v) is 7.96. The first-order chi connectivity index (χ1) is 19.2. The standard InChI is InChI=1S/C20H22N2Si.C15H15B/c1-17(2)15-23-20(22-14-13-21-16-22,18-9-5-3-6-10-18)19-11-7-4-8-12-19;1-3-7-13(8-4-1)16(15-11-12-15)14-9-5-2-6-10-14/h3-14,16H,1,15,23H2,2H3;1-10,15H,11-12H2. The molecule has 1 aliphatic carbocycles. The molecule has 1 heterocycles. The van der Waals surface area contributed by atoms with Crippen molar-refractivity contribution in [3.8, 4) is 0 Å². The Morgan fingerprint density at radius 2 is 1.26 bits per heavy atom. The van der Waals surface area contributed by atoms with Crippen molar-refractivity contribution in [2.45, 2.75) is 36.8 Å². The van der Waals surface area contributed by atoms with E-state index < -0.39 is 9.52 Å². The van der Waals surface area contributed by atoms with Gasteiger partial charge in [0.15, 0.2) is 0 Å². The molecular formula is C35H37BN2Si. The van der Waals surface area contributed by atoms with Crippen LogP contribution in [0.15, 0.2) is 152 Å². The second kappa shape index (κ2) is 12.8. The second-order valence-electron chi connectivity index (χ2n) is 10.7. The van der Waals surface area contributed by atoms with Crippen LogP contribution in [0.5, 0.6) is 0 Å². The van der Waals surface area contributed by atoms with E-state index >= 15 is 0 Å². The van der Waals surface area contributed by atoms with E-state index in [9.17, 15) is 0 Å². The summed E-state index contributed by atoms with van der Waals surface area (Å²) in [5.74, 6) is 0.866. The van der Waals surface area contributed by atoms with Gasteiger partial charge in [0.2, 0.25) is 6.71 Å². The van der Waals surface area contributed by atoms with E-state index in [4.69, 9.17) is 0 Å². The van der Waals surface area contributed by atoms with Gasteiger partial charge in [0.25, 0.3) is 0 Å². The predicted molar refractivity (Wildman–Crippen MR) is 170 cm³/mol. The maximum Gasteiger partial charge on any atom is 0.212 e. The lowest BCUT2D eigenvalue weighted by molar-refractivity contribution is 0.592. The summed E-state index contributed by atoms with van der Waals surface area (Å²) in [6.45, 7) is 6.88. The SMILES string of the molecule is C=C(C)C[SiH2]C(c1ccccc1)(c1ccccc1)n1ccnc1.c1ccc(B(c2ccccc2)C2CC2)cc1. The zero-order valence-electron chi connectivity index (χ0n) is 22.9. The molecule has 1 saturated carbocycles. The summed E-state index contributed by atoms with van der Waals surface area (Å²) in [5, 5.41) is -0.127. The minimum absolute atomic E-state index is 0.127. The third-order valence-corrected chi connectivity index (χ3v) is 10.8. The summed E-state index contributed by atoms with van der Waals surface area (Å²) in [5.41, 5.74) is 6.86. The van der Waals surface area contributed by atoms with Crippen LogP contribution in [0.25, 0.3) is 0 Å². The molecule has 0 radical (unpaired) electrons. The van der Waals surface area contributed by atoms with Gasteiger partial charge < -0.3 is 4.57 Å². The van der Waals surface area contributed by atoms with Crippen LogP contribution in [-0.2, 0) is 5.16 Å². The van der Waals surface area contributed by atoms with Crippen LogP contribution in [0.2, 0.25) is 11.9 Å². The monoisotopic (exact) mass is 524 g/mol. The molecule has 39 heavy (non-hydrogen) atoms. The van der Waals surface area contributed by atoms with Gasteiger partial charge in [-0.15, -0.1) is 6.58 Å². The number of hydrogen-bond donors (Lipinski definition) is 0. The van der Waals surface area contributed by atoms with Gasteiger partial charge in [-0.25, -0.2) is 4.98 Å². The van der Waals surface area contributed by atoms with Gasteiger partial charge in [-0.3, -0.25) is 0 Å². The average molecular weight is 525 g/mol. The van der Waals surface area contributed by atoms with Gasteiger partial charge in [-0.1, -0.05) is 156 Å². The summed E-state index contributed by atoms with van der Waals surface area (Å²) >= 11 is 0. The predicted octanol–water partition coefficient (Wildman–Crippen LogP) is 6.26. The summed E-state index contributed by atoms with van der Waals surface area (Å²) in [7, 11) is -0.571. The van der Waals surface area contributed by atoms with Crippen molar-refractivity contribution >= 4 is 27.2 Å². The van der Waals surface area contributed by atoms with Crippen LogP contribution in [0.3, 0.4) is 0 Å². The maximum atomic E-state index is 4.33. The molecule has 1 aliphatic rings. The maximum absolute atomic E-state index is 4.33. The summed E-state index contributed by atoms with van der Waals surface area (Å²) in [6.07, 6.45) is 8.68. The largest absolute Gasteiger partial charge is 0.327 e. The number of hydrogen-bond acceptors (Lipinski definition) is 1. The van der Waals surface area contributed by atoms with Crippen LogP contribution in [-0.4, -0.2) is 25.8 Å². The molecule has 2 nitrogen and oxygen atoms in total. The second-order valence-corrected chi connectivity index (χ2v) is 12.7. The minimum atomic E-state index is -0.571. The molecule has 6 rings (SSSR count). The molecule has 0 saturated heterocycles. The fourth-order valence-electron chi connectivity index (χ4n) is 5.68. The molecule has 0 amide bonds. The summed E-state index contributed by atoms with van der Waals surface area (Å²) in [4.78, 5) is 4.33. The molecule has 0 aliphatic heterocycles. The number of rotatable bonds is 9. The number of nitrogens with zero attached hydrogens (tertiary/aromatic N) is 2. The minimum Gasteiger partial charge on any atom is -0.327 e. The molecule has 0 spiro atoms. The third-order valence-electron chi connectivity index (χ3n) is 7.77. The molecule has 4 aromatic carbocycles. The van der Waals surface area contributed by atoms with Crippen molar-refractivity contribution in [2.75, 3.05) is 0 Å². The van der Waals surface area contributed by atoms with Crippen LogP contribution < -0.4 is 10.9 Å². The Kier molecular flexibility index (Phi) is 8.75. The highest BCUT2D eigenvalue weighted by atomic mass is 28.2. The van der Waals surface area contributed by atoms with Crippen LogP contribution in [0.4, 0.5) is 0 Å². The highest BCUT2D eigenvalue weighted by Crippen LogP contribution is 2.38. The molecule has 0 N–H and O–H groups in total. The zero-order chi connectivity index (χ0) is 26.9. The van der Waals surface area contributed by atoms with Gasteiger partial charge in [0.05, 0.1) is 21.0 Å². The molecule has 4 heteroatoms. The van der Waals surface area contributed by atoms with Crippen LogP contribution in [0.1, 0.15) is 30.9 Å². The van der Waals surface area contributed by atoms with Crippen LogP contribution in [0, 0.1) is 0 Å². The smallest absolute Gasteiger partial charge is 0.212 e. The number of imidazole rings is 1. The Bertz CT molecular complexity index is 1340. The summed E-state index contributed by atoms with van der Waals surface area (Å²) in [6, 6.07) is 44.5. The zero-order valence-corrected chi connectivity index (χ0v) is 24.3. The Morgan fingerprint density at radius 3 is 1.64 bits per heavy atom. The van der Waals surface area contributed by atoms with E-state index in [0.717, 1.165) is 11.9 Å².